The molecule has 0 amide bonds. The van der Waals surface area contributed by atoms with Crippen molar-refractivity contribution >= 4 is 0 Å². The number of hydrogen-bond donors (Lipinski definition) is 2. The van der Waals surface area contributed by atoms with E-state index in [9.17, 15) is 0 Å². The third-order valence-corrected chi connectivity index (χ3v) is 2.32. The molecule has 1 aromatic carbocycles. The van der Waals surface area contributed by atoms with Gasteiger partial charge in [0, 0.05) is 6.04 Å². The van der Waals surface area contributed by atoms with Crippen LogP contribution in [0.3, 0.4) is 0 Å². The topological polar surface area (TPSA) is 47.3 Å². The number of hydrogen-bond acceptors (Lipinski definition) is 3. The Balaban J connectivity index is 2.84. The van der Waals surface area contributed by atoms with Crippen molar-refractivity contribution in [1.82, 2.24) is 5.43 Å². The lowest BCUT2D eigenvalue weighted by Gasteiger charge is -2.20. The SMILES string of the molecule is COc1ccc(C(NN)C(C)C)cc1. The highest BCUT2D eigenvalue weighted by Gasteiger charge is 2.13. The summed E-state index contributed by atoms with van der Waals surface area (Å²) in [7, 11) is 1.66. The zero-order valence-electron chi connectivity index (χ0n) is 8.95. The normalized spacial score (nSPS) is 12.9. The summed E-state index contributed by atoms with van der Waals surface area (Å²) in [5, 5.41) is 0. The third-order valence-electron chi connectivity index (χ3n) is 2.32. The quantitative estimate of drug-likeness (QED) is 0.568. The summed E-state index contributed by atoms with van der Waals surface area (Å²) in [4.78, 5) is 0. The van der Waals surface area contributed by atoms with Crippen molar-refractivity contribution < 1.29 is 4.74 Å². The molecule has 3 heteroatoms. The molecule has 0 aliphatic carbocycles. The summed E-state index contributed by atoms with van der Waals surface area (Å²) < 4.78 is 5.09. The van der Waals surface area contributed by atoms with Crippen LogP contribution in [0.1, 0.15) is 25.5 Å². The first-order chi connectivity index (χ1) is 6.69. The molecule has 3 N–H and O–H groups in total. The zero-order chi connectivity index (χ0) is 10.6. The van der Waals surface area contributed by atoms with E-state index in [1.807, 2.05) is 24.3 Å². The van der Waals surface area contributed by atoms with Gasteiger partial charge in [-0.15, -0.1) is 0 Å². The van der Waals surface area contributed by atoms with Crippen molar-refractivity contribution in [1.29, 1.82) is 0 Å². The van der Waals surface area contributed by atoms with Crippen molar-refractivity contribution in [2.45, 2.75) is 19.9 Å². The molecule has 0 aromatic heterocycles. The van der Waals surface area contributed by atoms with Crippen LogP contribution in [-0.4, -0.2) is 7.11 Å². The molecule has 0 saturated carbocycles. The molecule has 0 aliphatic rings. The molecule has 1 aromatic rings. The highest BCUT2D eigenvalue weighted by atomic mass is 16.5. The maximum Gasteiger partial charge on any atom is 0.118 e. The Bertz CT molecular complexity index is 269. The van der Waals surface area contributed by atoms with Crippen molar-refractivity contribution in [3.8, 4) is 5.75 Å². The van der Waals surface area contributed by atoms with Gasteiger partial charge in [-0.2, -0.15) is 0 Å². The highest BCUT2D eigenvalue weighted by molar-refractivity contribution is 5.29. The predicted molar refractivity (Wildman–Crippen MR) is 57.9 cm³/mol. The van der Waals surface area contributed by atoms with Crippen LogP contribution in [0, 0.1) is 5.92 Å². The van der Waals surface area contributed by atoms with Gasteiger partial charge in [0.05, 0.1) is 7.11 Å². The van der Waals surface area contributed by atoms with Gasteiger partial charge in [0.2, 0.25) is 0 Å². The third kappa shape index (κ3) is 2.47. The van der Waals surface area contributed by atoms with E-state index in [1.165, 1.54) is 5.56 Å². The minimum atomic E-state index is 0.195. The average molecular weight is 194 g/mol. The van der Waals surface area contributed by atoms with Gasteiger partial charge < -0.3 is 4.74 Å². The molecule has 3 nitrogen and oxygen atoms in total. The molecule has 0 heterocycles. The first kappa shape index (κ1) is 11.0. The summed E-state index contributed by atoms with van der Waals surface area (Å²) in [6.45, 7) is 4.27. The molecule has 0 spiro atoms. The Hall–Kier alpha value is -1.06. The largest absolute Gasteiger partial charge is 0.497 e. The summed E-state index contributed by atoms with van der Waals surface area (Å²) in [6.07, 6.45) is 0. The first-order valence-electron chi connectivity index (χ1n) is 4.79. The number of nitrogens with two attached hydrogens (primary N) is 1. The summed E-state index contributed by atoms with van der Waals surface area (Å²) in [5.74, 6) is 6.83. The lowest BCUT2D eigenvalue weighted by molar-refractivity contribution is 0.409. The smallest absolute Gasteiger partial charge is 0.118 e. The van der Waals surface area contributed by atoms with Gasteiger partial charge in [-0.25, -0.2) is 0 Å². The number of hydrazine groups is 1. The lowest BCUT2D eigenvalue weighted by atomic mass is 9.97. The molecule has 1 rings (SSSR count). The summed E-state index contributed by atoms with van der Waals surface area (Å²) in [5.41, 5.74) is 4.00. The second-order valence-corrected chi connectivity index (χ2v) is 3.66. The summed E-state index contributed by atoms with van der Waals surface area (Å²) >= 11 is 0. The van der Waals surface area contributed by atoms with Gasteiger partial charge in [-0.1, -0.05) is 26.0 Å². The van der Waals surface area contributed by atoms with E-state index in [0.29, 0.717) is 5.92 Å². The van der Waals surface area contributed by atoms with E-state index >= 15 is 0 Å². The van der Waals surface area contributed by atoms with Gasteiger partial charge in [0.1, 0.15) is 5.75 Å². The maximum absolute atomic E-state index is 5.50. The minimum Gasteiger partial charge on any atom is -0.497 e. The number of benzene rings is 1. The Morgan fingerprint density at radius 2 is 1.79 bits per heavy atom. The predicted octanol–water partition coefficient (Wildman–Crippen LogP) is 1.86. The highest BCUT2D eigenvalue weighted by Crippen LogP contribution is 2.22. The molecule has 1 unspecified atom stereocenters. The first-order valence-corrected chi connectivity index (χ1v) is 4.79. The standard InChI is InChI=1S/C11H18N2O/c1-8(2)11(13-12)9-4-6-10(14-3)7-5-9/h4-8,11,13H,12H2,1-3H3. The van der Waals surface area contributed by atoms with E-state index in [2.05, 4.69) is 19.3 Å². The van der Waals surface area contributed by atoms with Crippen molar-refractivity contribution in [3.05, 3.63) is 29.8 Å². The molecular weight excluding hydrogens is 176 g/mol. The van der Waals surface area contributed by atoms with Crippen LogP contribution >= 0.6 is 0 Å². The lowest BCUT2D eigenvalue weighted by Crippen LogP contribution is -2.31. The van der Waals surface area contributed by atoms with Crippen LogP contribution in [-0.2, 0) is 0 Å². The van der Waals surface area contributed by atoms with Crippen molar-refractivity contribution in [3.63, 3.8) is 0 Å². The molecule has 0 saturated heterocycles. The average Bonchev–Trinajstić information content (AvgIpc) is 2.19. The van der Waals surface area contributed by atoms with Crippen LogP contribution < -0.4 is 16.0 Å². The second kappa shape index (κ2) is 4.98. The van der Waals surface area contributed by atoms with Crippen LogP contribution in [0.2, 0.25) is 0 Å². The Labute approximate surface area is 85.2 Å². The van der Waals surface area contributed by atoms with Gasteiger partial charge >= 0.3 is 0 Å². The summed E-state index contributed by atoms with van der Waals surface area (Å²) in [6, 6.07) is 8.15. The van der Waals surface area contributed by atoms with Crippen molar-refractivity contribution in [2.75, 3.05) is 7.11 Å². The zero-order valence-corrected chi connectivity index (χ0v) is 8.95. The number of rotatable bonds is 4. The minimum absolute atomic E-state index is 0.195. The van der Waals surface area contributed by atoms with Crippen LogP contribution in [0.25, 0.3) is 0 Å². The van der Waals surface area contributed by atoms with Gasteiger partial charge in [-0.05, 0) is 23.6 Å². The molecule has 78 valence electrons. The molecule has 0 aliphatic heterocycles. The van der Waals surface area contributed by atoms with Crippen LogP contribution in [0.4, 0.5) is 0 Å². The molecule has 1 atom stereocenters. The number of methoxy groups -OCH3 is 1. The van der Waals surface area contributed by atoms with E-state index < -0.39 is 0 Å². The monoisotopic (exact) mass is 194 g/mol. The van der Waals surface area contributed by atoms with E-state index in [1.54, 1.807) is 7.11 Å². The van der Waals surface area contributed by atoms with Crippen LogP contribution in [0.15, 0.2) is 24.3 Å². The van der Waals surface area contributed by atoms with E-state index in [0.717, 1.165) is 5.75 Å². The molecule has 14 heavy (non-hydrogen) atoms. The molecule has 0 radical (unpaired) electrons. The molecule has 0 bridgehead atoms. The van der Waals surface area contributed by atoms with E-state index in [-0.39, 0.29) is 6.04 Å². The molecular formula is C11H18N2O. The van der Waals surface area contributed by atoms with E-state index in [4.69, 9.17) is 10.6 Å². The fourth-order valence-corrected chi connectivity index (χ4v) is 1.48. The van der Waals surface area contributed by atoms with Gasteiger partial charge in [0.25, 0.3) is 0 Å². The fraction of sp³-hybridized carbons (Fsp3) is 0.455. The fourth-order valence-electron chi connectivity index (χ4n) is 1.48. The second-order valence-electron chi connectivity index (χ2n) is 3.66. The van der Waals surface area contributed by atoms with Crippen molar-refractivity contribution in [2.24, 2.45) is 11.8 Å². The Morgan fingerprint density at radius 3 is 2.14 bits per heavy atom. The number of ether oxygens (including phenoxy) is 1. The number of nitrogens with one attached hydrogen (secondary N) is 1. The van der Waals surface area contributed by atoms with Gasteiger partial charge in [-0.3, -0.25) is 11.3 Å². The Kier molecular flexibility index (Phi) is 3.92. The Morgan fingerprint density at radius 1 is 1.21 bits per heavy atom. The van der Waals surface area contributed by atoms with Gasteiger partial charge in [0.15, 0.2) is 0 Å². The molecule has 0 fully saturated rings. The van der Waals surface area contributed by atoms with Crippen LogP contribution in [0.5, 0.6) is 5.75 Å². The maximum atomic E-state index is 5.50.